The molecule has 1 aliphatic rings. The molecule has 1 saturated carbocycles. The van der Waals surface area contributed by atoms with Gasteiger partial charge in [0.05, 0.1) is 18.4 Å². The molecular weight excluding hydrogens is 326 g/mol. The van der Waals surface area contributed by atoms with Crippen LogP contribution >= 0.6 is 0 Å². The first-order valence-electron chi connectivity index (χ1n) is 8.64. The number of aliphatic imine (C=N–C) groups is 1. The van der Waals surface area contributed by atoms with Crippen molar-refractivity contribution in [1.29, 1.82) is 0 Å². The number of rotatable bonds is 3. The van der Waals surface area contributed by atoms with E-state index in [1.54, 1.807) is 19.2 Å². The van der Waals surface area contributed by atoms with Crippen molar-refractivity contribution in [3.63, 3.8) is 0 Å². The number of benzene rings is 2. The van der Waals surface area contributed by atoms with Crippen molar-refractivity contribution in [3.05, 3.63) is 65.7 Å². The van der Waals surface area contributed by atoms with E-state index in [1.165, 1.54) is 0 Å². The van der Waals surface area contributed by atoms with Crippen LogP contribution in [0.2, 0.25) is 0 Å². The third kappa shape index (κ3) is 3.69. The van der Waals surface area contributed by atoms with Gasteiger partial charge in [-0.2, -0.15) is 0 Å². The second-order valence-electron chi connectivity index (χ2n) is 7.26. The highest BCUT2D eigenvalue weighted by Crippen LogP contribution is 2.38. The lowest BCUT2D eigenvalue weighted by Gasteiger charge is -2.31. The van der Waals surface area contributed by atoms with E-state index in [9.17, 15) is 9.90 Å². The highest BCUT2D eigenvalue weighted by atomic mass is 16.5. The molecule has 0 spiro atoms. The molecule has 1 fully saturated rings. The first-order valence-corrected chi connectivity index (χ1v) is 8.64. The zero-order valence-electron chi connectivity index (χ0n) is 15.3. The largest absolute Gasteiger partial charge is 0.506 e. The van der Waals surface area contributed by atoms with Crippen molar-refractivity contribution in [1.82, 2.24) is 0 Å². The number of para-hydroxylation sites is 2. The van der Waals surface area contributed by atoms with Gasteiger partial charge < -0.3 is 9.84 Å². The lowest BCUT2D eigenvalue weighted by Crippen LogP contribution is -2.32. The van der Waals surface area contributed by atoms with Gasteiger partial charge in [0.1, 0.15) is 17.2 Å². The van der Waals surface area contributed by atoms with Crippen molar-refractivity contribution in [3.8, 4) is 5.75 Å². The number of methoxy groups -OCH3 is 1. The number of nitrogens with zero attached hydrogens (tertiary/aromatic N) is 1. The van der Waals surface area contributed by atoms with Gasteiger partial charge in [-0.1, -0.05) is 56.3 Å². The highest BCUT2D eigenvalue weighted by molar-refractivity contribution is 6.28. The Morgan fingerprint density at radius 3 is 2.38 bits per heavy atom. The van der Waals surface area contributed by atoms with Crippen LogP contribution in [-0.4, -0.2) is 23.7 Å². The van der Waals surface area contributed by atoms with Crippen LogP contribution in [-0.2, 0) is 4.79 Å². The maximum absolute atomic E-state index is 12.8. The number of Topliss-reactive ketones (excluding diaryl/α,β-unsaturated/α-hetero) is 1. The zero-order valence-corrected chi connectivity index (χ0v) is 15.3. The number of aliphatic hydroxyl groups excluding tert-OH is 1. The number of allylic oxidation sites excluding steroid dienone is 1. The smallest absolute Gasteiger partial charge is 0.169 e. The summed E-state index contributed by atoms with van der Waals surface area (Å²) in [6, 6.07) is 16.5. The second kappa shape index (κ2) is 7.16. The molecule has 0 heterocycles. The second-order valence-corrected chi connectivity index (χ2v) is 7.26. The summed E-state index contributed by atoms with van der Waals surface area (Å²) in [5.41, 5.74) is 1.95. The summed E-state index contributed by atoms with van der Waals surface area (Å²) in [6.45, 7) is 4.08. The molecule has 1 aliphatic carbocycles. The zero-order chi connectivity index (χ0) is 18.7. The van der Waals surface area contributed by atoms with Crippen molar-refractivity contribution in [2.24, 2.45) is 10.4 Å². The van der Waals surface area contributed by atoms with Gasteiger partial charge in [-0.25, -0.2) is 4.99 Å². The molecule has 2 aromatic rings. The maximum atomic E-state index is 12.8. The van der Waals surface area contributed by atoms with Crippen LogP contribution < -0.4 is 4.74 Å². The molecule has 1 N–H and O–H groups in total. The Kier molecular flexibility index (Phi) is 4.94. The van der Waals surface area contributed by atoms with Crippen LogP contribution in [0, 0.1) is 5.41 Å². The number of aliphatic hydroxyl groups is 1. The van der Waals surface area contributed by atoms with Gasteiger partial charge in [-0.3, -0.25) is 4.79 Å². The number of ether oxygens (including phenoxy) is 1. The molecule has 0 saturated heterocycles. The van der Waals surface area contributed by atoms with Crippen molar-refractivity contribution in [2.75, 3.05) is 7.11 Å². The predicted octanol–water partition coefficient (Wildman–Crippen LogP) is 5.13. The Balaban J connectivity index is 2.17. The van der Waals surface area contributed by atoms with E-state index in [4.69, 9.17) is 9.73 Å². The van der Waals surface area contributed by atoms with Crippen molar-refractivity contribution < 1.29 is 14.6 Å². The topological polar surface area (TPSA) is 58.9 Å². The normalized spacial score (nSPS) is 20.1. The van der Waals surface area contributed by atoms with Gasteiger partial charge in [-0.05, 0) is 24.0 Å². The third-order valence-corrected chi connectivity index (χ3v) is 4.48. The fourth-order valence-electron chi connectivity index (χ4n) is 3.26. The van der Waals surface area contributed by atoms with Crippen LogP contribution in [0.1, 0.15) is 32.3 Å². The molecule has 0 bridgehead atoms. The summed E-state index contributed by atoms with van der Waals surface area (Å²) in [5.74, 6) is 0.533. The quantitative estimate of drug-likeness (QED) is 0.617. The van der Waals surface area contributed by atoms with E-state index in [0.717, 1.165) is 0 Å². The first kappa shape index (κ1) is 17.9. The first-order chi connectivity index (χ1) is 12.4. The maximum Gasteiger partial charge on any atom is 0.169 e. The molecule has 0 atom stereocenters. The van der Waals surface area contributed by atoms with E-state index < -0.39 is 0 Å². The van der Waals surface area contributed by atoms with E-state index in [0.29, 0.717) is 41.1 Å². The monoisotopic (exact) mass is 349 g/mol. The fraction of sp³-hybridized carbons (Fsp3) is 0.273. The van der Waals surface area contributed by atoms with E-state index in [-0.39, 0.29) is 17.0 Å². The summed E-state index contributed by atoms with van der Waals surface area (Å²) in [7, 11) is 1.59. The van der Waals surface area contributed by atoms with Gasteiger partial charge in [0, 0.05) is 12.0 Å². The molecule has 0 aromatic heterocycles. The Morgan fingerprint density at radius 2 is 1.69 bits per heavy atom. The average Bonchev–Trinajstić information content (AvgIpc) is 2.61. The van der Waals surface area contributed by atoms with Crippen LogP contribution in [0.15, 0.2) is 65.2 Å². The summed E-state index contributed by atoms with van der Waals surface area (Å²) in [6.07, 6.45) is 0.979. The van der Waals surface area contributed by atoms with E-state index >= 15 is 0 Å². The van der Waals surface area contributed by atoms with Crippen LogP contribution in [0.4, 0.5) is 5.69 Å². The summed E-state index contributed by atoms with van der Waals surface area (Å²) in [5, 5.41) is 10.8. The average molecular weight is 349 g/mol. The van der Waals surface area contributed by atoms with Gasteiger partial charge in [-0.15, -0.1) is 0 Å². The molecule has 3 rings (SSSR count). The standard InChI is InChI=1S/C22H23NO3/c1-22(2)13-17(23-16-11-7-8-12-19(16)26-3)20(18(24)14-22)21(25)15-9-5-4-6-10-15/h4-12,25H,13-14H2,1-3H3/b21-20+,23-17?. The van der Waals surface area contributed by atoms with Crippen LogP contribution in [0.5, 0.6) is 5.75 Å². The summed E-state index contributed by atoms with van der Waals surface area (Å²) < 4.78 is 5.38. The predicted molar refractivity (Wildman–Crippen MR) is 104 cm³/mol. The van der Waals surface area contributed by atoms with E-state index in [1.807, 2.05) is 56.3 Å². The van der Waals surface area contributed by atoms with Crippen LogP contribution in [0.25, 0.3) is 5.76 Å². The van der Waals surface area contributed by atoms with Crippen molar-refractivity contribution >= 4 is 22.9 Å². The number of hydrogen-bond acceptors (Lipinski definition) is 4. The Bertz CT molecular complexity index is 879. The van der Waals surface area contributed by atoms with Gasteiger partial charge >= 0.3 is 0 Å². The molecule has 0 unspecified atom stereocenters. The Labute approximate surface area is 153 Å². The van der Waals surface area contributed by atoms with Gasteiger partial charge in [0.2, 0.25) is 0 Å². The number of ketones is 1. The van der Waals surface area contributed by atoms with Crippen LogP contribution in [0.3, 0.4) is 0 Å². The minimum atomic E-state index is -0.210. The van der Waals surface area contributed by atoms with Crippen molar-refractivity contribution in [2.45, 2.75) is 26.7 Å². The molecule has 2 aromatic carbocycles. The number of hydrogen-bond donors (Lipinski definition) is 1. The number of carbonyl (C=O) groups excluding carboxylic acids is 1. The highest BCUT2D eigenvalue weighted by Gasteiger charge is 2.36. The lowest BCUT2D eigenvalue weighted by molar-refractivity contribution is -0.117. The molecule has 4 heteroatoms. The molecule has 4 nitrogen and oxygen atoms in total. The Morgan fingerprint density at radius 1 is 1.04 bits per heavy atom. The minimum Gasteiger partial charge on any atom is -0.506 e. The SMILES string of the molecule is COc1ccccc1N=C1CC(C)(C)CC(=O)/C1=C(/O)c1ccccc1. The lowest BCUT2D eigenvalue weighted by atomic mass is 9.73. The molecule has 0 aliphatic heterocycles. The molecule has 0 radical (unpaired) electrons. The third-order valence-electron chi connectivity index (χ3n) is 4.48. The minimum absolute atomic E-state index is 0.0141. The molecule has 26 heavy (non-hydrogen) atoms. The number of carbonyl (C=O) groups is 1. The molecular formula is C22H23NO3. The molecule has 134 valence electrons. The fourth-order valence-corrected chi connectivity index (χ4v) is 3.26. The Hall–Kier alpha value is -2.88. The summed E-state index contributed by atoms with van der Waals surface area (Å²) in [4.78, 5) is 17.6. The van der Waals surface area contributed by atoms with E-state index in [2.05, 4.69) is 0 Å². The van der Waals surface area contributed by atoms with Gasteiger partial charge in [0.25, 0.3) is 0 Å². The van der Waals surface area contributed by atoms with Gasteiger partial charge in [0.15, 0.2) is 5.78 Å². The molecule has 0 amide bonds. The summed E-state index contributed by atoms with van der Waals surface area (Å²) >= 11 is 0.